The van der Waals surface area contributed by atoms with Crippen LogP contribution < -0.4 is 5.73 Å². The summed E-state index contributed by atoms with van der Waals surface area (Å²) in [5, 5.41) is 0. The topological polar surface area (TPSA) is 61.5 Å². The molecule has 0 saturated carbocycles. The summed E-state index contributed by atoms with van der Waals surface area (Å²) in [4.78, 5) is 10.9. The number of carbonyl (C=O) groups excluding carboxylic acids is 1. The zero-order chi connectivity index (χ0) is 11.9. The molecule has 0 bridgehead atoms. The number of nitrogens with two attached hydrogens (primary N) is 1. The van der Waals surface area contributed by atoms with E-state index in [4.69, 9.17) is 5.73 Å². The van der Waals surface area contributed by atoms with E-state index < -0.39 is 31.2 Å². The fourth-order valence-electron chi connectivity index (χ4n) is 0.716. The molecule has 15 heavy (non-hydrogen) atoms. The third kappa shape index (κ3) is 8.19. The average Bonchev–Trinajstić information content (AvgIpc) is 2.11. The van der Waals surface area contributed by atoms with Crippen LogP contribution in [0.3, 0.4) is 0 Å². The van der Waals surface area contributed by atoms with Crippen molar-refractivity contribution in [1.29, 1.82) is 0 Å². The molecule has 0 aliphatic heterocycles. The summed E-state index contributed by atoms with van der Waals surface area (Å²) < 4.78 is 44.1. The molecule has 0 aliphatic rings. The molecule has 0 fully saturated rings. The first-order chi connectivity index (χ1) is 6.87. The Bertz CT molecular complexity index is 196. The predicted molar refractivity (Wildman–Crippen MR) is 46.1 cm³/mol. The highest BCUT2D eigenvalue weighted by molar-refractivity contribution is 5.75. The molecule has 1 unspecified atom stereocenters. The molecule has 0 aromatic rings. The molecule has 0 amide bonds. The van der Waals surface area contributed by atoms with Gasteiger partial charge in [-0.05, 0) is 6.92 Å². The Morgan fingerprint density at radius 3 is 2.53 bits per heavy atom. The fraction of sp³-hybridized carbons (Fsp3) is 0.875. The van der Waals surface area contributed by atoms with Crippen LogP contribution in [0.1, 0.15) is 13.3 Å². The van der Waals surface area contributed by atoms with Crippen molar-refractivity contribution in [1.82, 2.24) is 0 Å². The maximum Gasteiger partial charge on any atom is 0.391 e. The van der Waals surface area contributed by atoms with Gasteiger partial charge in [0.15, 0.2) is 0 Å². The Kier molecular flexibility index (Phi) is 6.26. The summed E-state index contributed by atoms with van der Waals surface area (Å²) in [6.45, 7) is 1.01. The molecule has 0 aromatic carbocycles. The van der Waals surface area contributed by atoms with Crippen LogP contribution in [0.25, 0.3) is 0 Å². The molecular formula is C8H14F3NO3. The van der Waals surface area contributed by atoms with Gasteiger partial charge >= 0.3 is 12.1 Å². The van der Waals surface area contributed by atoms with Crippen LogP contribution in [-0.4, -0.2) is 38.0 Å². The van der Waals surface area contributed by atoms with Gasteiger partial charge in [-0.2, -0.15) is 13.2 Å². The summed E-state index contributed by atoms with van der Waals surface area (Å²) in [5.74, 6) is -0.676. The lowest BCUT2D eigenvalue weighted by atomic mass is 10.3. The predicted octanol–water partition coefficient (Wildman–Crippen LogP) is 0.846. The summed E-state index contributed by atoms with van der Waals surface area (Å²) in [6, 6.07) is -1.03. The Hall–Kier alpha value is -0.820. The molecule has 0 spiro atoms. The summed E-state index contributed by atoms with van der Waals surface area (Å²) >= 11 is 0. The minimum Gasteiger partial charge on any atom is -0.465 e. The molecule has 0 aliphatic carbocycles. The van der Waals surface area contributed by atoms with Crippen LogP contribution in [0.5, 0.6) is 0 Å². The van der Waals surface area contributed by atoms with E-state index in [1.165, 1.54) is 0 Å². The van der Waals surface area contributed by atoms with Crippen LogP contribution in [0, 0.1) is 0 Å². The van der Waals surface area contributed by atoms with Crippen LogP contribution in [-0.2, 0) is 14.3 Å². The molecule has 0 aromatic heterocycles. The Balaban J connectivity index is 3.55. The molecule has 0 saturated heterocycles. The number of rotatable bonds is 6. The van der Waals surface area contributed by atoms with E-state index in [0.717, 1.165) is 0 Å². The normalized spacial score (nSPS) is 13.7. The second-order valence-corrected chi connectivity index (χ2v) is 2.80. The van der Waals surface area contributed by atoms with Gasteiger partial charge in [-0.15, -0.1) is 0 Å². The van der Waals surface area contributed by atoms with Gasteiger partial charge in [0.25, 0.3) is 0 Å². The summed E-state index contributed by atoms with van der Waals surface area (Å²) in [7, 11) is 0. The van der Waals surface area contributed by atoms with Crippen molar-refractivity contribution in [2.45, 2.75) is 25.6 Å². The first-order valence-corrected chi connectivity index (χ1v) is 4.43. The number of hydrogen-bond acceptors (Lipinski definition) is 4. The van der Waals surface area contributed by atoms with E-state index in [9.17, 15) is 18.0 Å². The Labute approximate surface area is 85.5 Å². The van der Waals surface area contributed by atoms with Gasteiger partial charge in [-0.3, -0.25) is 4.79 Å². The number of alkyl halides is 3. The van der Waals surface area contributed by atoms with Gasteiger partial charge in [0.2, 0.25) is 0 Å². The zero-order valence-electron chi connectivity index (χ0n) is 8.34. The second kappa shape index (κ2) is 6.62. The average molecular weight is 229 g/mol. The molecule has 0 rings (SSSR count). The molecule has 0 heterocycles. The quantitative estimate of drug-likeness (QED) is 0.541. The number of hydrogen-bond donors (Lipinski definition) is 1. The third-order valence-electron chi connectivity index (χ3n) is 1.42. The lowest BCUT2D eigenvalue weighted by Gasteiger charge is -2.11. The van der Waals surface area contributed by atoms with E-state index in [1.54, 1.807) is 6.92 Å². The van der Waals surface area contributed by atoms with Crippen molar-refractivity contribution in [2.24, 2.45) is 5.73 Å². The van der Waals surface area contributed by atoms with Crippen LogP contribution >= 0.6 is 0 Å². The minimum absolute atomic E-state index is 0.176. The lowest BCUT2D eigenvalue weighted by Crippen LogP contribution is -2.37. The van der Waals surface area contributed by atoms with Gasteiger partial charge in [0.05, 0.1) is 26.2 Å². The number of carbonyl (C=O) groups is 1. The van der Waals surface area contributed by atoms with Crippen molar-refractivity contribution >= 4 is 5.97 Å². The highest BCUT2D eigenvalue weighted by Gasteiger charge is 2.26. The van der Waals surface area contributed by atoms with Crippen LogP contribution in [0.2, 0.25) is 0 Å². The monoisotopic (exact) mass is 229 g/mol. The molecule has 2 N–H and O–H groups in total. The molecule has 4 nitrogen and oxygen atoms in total. The van der Waals surface area contributed by atoms with E-state index in [2.05, 4.69) is 9.47 Å². The fourth-order valence-corrected chi connectivity index (χ4v) is 0.716. The highest BCUT2D eigenvalue weighted by Crippen LogP contribution is 2.18. The smallest absolute Gasteiger partial charge is 0.391 e. The maximum absolute atomic E-state index is 11.7. The second-order valence-electron chi connectivity index (χ2n) is 2.80. The van der Waals surface area contributed by atoms with Crippen molar-refractivity contribution in [3.8, 4) is 0 Å². The molecule has 90 valence electrons. The maximum atomic E-state index is 11.7. The number of halogens is 3. The van der Waals surface area contributed by atoms with Crippen LogP contribution in [0.4, 0.5) is 13.2 Å². The highest BCUT2D eigenvalue weighted by atomic mass is 19.4. The van der Waals surface area contributed by atoms with Crippen molar-refractivity contribution in [3.63, 3.8) is 0 Å². The first-order valence-electron chi connectivity index (χ1n) is 4.43. The Morgan fingerprint density at radius 2 is 2.07 bits per heavy atom. The lowest BCUT2D eigenvalue weighted by molar-refractivity contribution is -0.150. The van der Waals surface area contributed by atoms with Crippen LogP contribution in [0.15, 0.2) is 0 Å². The van der Waals surface area contributed by atoms with Gasteiger partial charge in [0, 0.05) is 0 Å². The van der Waals surface area contributed by atoms with E-state index in [-0.39, 0.29) is 13.2 Å². The van der Waals surface area contributed by atoms with Gasteiger partial charge in [-0.1, -0.05) is 0 Å². The SMILES string of the molecule is CCOC(=O)C(N)COCCC(F)(F)F. The van der Waals surface area contributed by atoms with Crippen molar-refractivity contribution < 1.29 is 27.4 Å². The minimum atomic E-state index is -4.26. The molecule has 0 radical (unpaired) electrons. The largest absolute Gasteiger partial charge is 0.465 e. The van der Waals surface area contributed by atoms with E-state index in [0.29, 0.717) is 0 Å². The van der Waals surface area contributed by atoms with Crippen molar-refractivity contribution in [3.05, 3.63) is 0 Å². The van der Waals surface area contributed by atoms with Gasteiger partial charge < -0.3 is 15.2 Å². The summed E-state index contributed by atoms with van der Waals surface area (Å²) in [6.07, 6.45) is -5.31. The van der Waals surface area contributed by atoms with Gasteiger partial charge in [0.1, 0.15) is 6.04 Å². The summed E-state index contributed by atoms with van der Waals surface area (Å²) in [5.41, 5.74) is 5.27. The van der Waals surface area contributed by atoms with E-state index in [1.807, 2.05) is 0 Å². The van der Waals surface area contributed by atoms with E-state index >= 15 is 0 Å². The molecule has 7 heteroatoms. The third-order valence-corrected chi connectivity index (χ3v) is 1.42. The zero-order valence-corrected chi connectivity index (χ0v) is 8.34. The molecule has 1 atom stereocenters. The molecular weight excluding hydrogens is 215 g/mol. The van der Waals surface area contributed by atoms with Crippen molar-refractivity contribution in [2.75, 3.05) is 19.8 Å². The first kappa shape index (κ1) is 14.2. The number of ether oxygens (including phenoxy) is 2. The van der Waals surface area contributed by atoms with Gasteiger partial charge in [-0.25, -0.2) is 0 Å². The Morgan fingerprint density at radius 1 is 1.47 bits per heavy atom. The standard InChI is InChI=1S/C8H14F3NO3/c1-2-15-7(13)6(12)5-14-4-3-8(9,10)11/h6H,2-5,12H2,1H3. The number of esters is 1.